The second kappa shape index (κ2) is 5.69. The summed E-state index contributed by atoms with van der Waals surface area (Å²) in [7, 11) is 0. The van der Waals surface area contributed by atoms with Crippen molar-refractivity contribution in [1.82, 2.24) is 0 Å². The Morgan fingerprint density at radius 2 is 1.81 bits per heavy atom. The molecule has 0 radical (unpaired) electrons. The molecule has 0 fully saturated rings. The Kier molecular flexibility index (Phi) is 4.53. The van der Waals surface area contributed by atoms with Gasteiger partial charge in [0.2, 0.25) is 0 Å². The number of benzene rings is 1. The fourth-order valence-electron chi connectivity index (χ4n) is 1.41. The van der Waals surface area contributed by atoms with Gasteiger partial charge in [0, 0.05) is 24.1 Å². The molecule has 88 valence electrons. The van der Waals surface area contributed by atoms with E-state index in [0.717, 1.165) is 18.7 Å². The van der Waals surface area contributed by atoms with Gasteiger partial charge in [-0.3, -0.25) is 4.79 Å². The van der Waals surface area contributed by atoms with Crippen LogP contribution in [0.1, 0.15) is 33.6 Å². The number of ketones is 1. The van der Waals surface area contributed by atoms with E-state index in [2.05, 4.69) is 5.32 Å². The predicted molar refractivity (Wildman–Crippen MR) is 68.6 cm³/mol. The lowest BCUT2D eigenvalue weighted by Gasteiger charge is -2.16. The highest BCUT2D eigenvalue weighted by molar-refractivity contribution is 5.83. The average Bonchev–Trinajstić information content (AvgIpc) is 2.24. The Morgan fingerprint density at radius 3 is 2.38 bits per heavy atom. The summed E-state index contributed by atoms with van der Waals surface area (Å²) in [6.07, 6.45) is 1.55. The number of carbonyl (C=O) groups excluding carboxylic acids is 1. The van der Waals surface area contributed by atoms with Gasteiger partial charge in [0.15, 0.2) is 0 Å². The van der Waals surface area contributed by atoms with Crippen molar-refractivity contribution in [2.24, 2.45) is 5.41 Å². The zero-order chi connectivity index (χ0) is 12.0. The largest absolute Gasteiger partial charge is 0.385 e. The van der Waals surface area contributed by atoms with Crippen LogP contribution in [0.2, 0.25) is 0 Å². The molecule has 0 aliphatic carbocycles. The van der Waals surface area contributed by atoms with E-state index in [1.54, 1.807) is 0 Å². The Bertz CT molecular complexity index is 324. The second-order valence-electron chi connectivity index (χ2n) is 5.07. The van der Waals surface area contributed by atoms with Crippen LogP contribution in [0.25, 0.3) is 0 Å². The second-order valence-corrected chi connectivity index (χ2v) is 5.07. The van der Waals surface area contributed by atoms with Gasteiger partial charge >= 0.3 is 0 Å². The topological polar surface area (TPSA) is 29.1 Å². The summed E-state index contributed by atoms with van der Waals surface area (Å²) >= 11 is 0. The highest BCUT2D eigenvalue weighted by atomic mass is 16.1. The minimum absolute atomic E-state index is 0.202. The number of para-hydroxylation sites is 1. The van der Waals surface area contributed by atoms with Crippen LogP contribution < -0.4 is 5.32 Å². The lowest BCUT2D eigenvalue weighted by molar-refractivity contribution is -0.126. The van der Waals surface area contributed by atoms with Crippen molar-refractivity contribution >= 4 is 11.5 Å². The van der Waals surface area contributed by atoms with E-state index in [1.807, 2.05) is 51.1 Å². The first kappa shape index (κ1) is 12.8. The van der Waals surface area contributed by atoms with Gasteiger partial charge in [-0.1, -0.05) is 39.0 Å². The molecule has 1 aromatic rings. The minimum Gasteiger partial charge on any atom is -0.385 e. The van der Waals surface area contributed by atoms with E-state index in [9.17, 15) is 4.79 Å². The van der Waals surface area contributed by atoms with Gasteiger partial charge in [0.1, 0.15) is 5.78 Å². The SMILES string of the molecule is CC(C)(C)C(=O)CCCNc1ccccc1. The molecule has 2 nitrogen and oxygen atoms in total. The number of nitrogens with one attached hydrogen (secondary N) is 1. The number of Topliss-reactive ketones (excluding diaryl/α,β-unsaturated/α-hetero) is 1. The molecule has 0 heterocycles. The highest BCUT2D eigenvalue weighted by Crippen LogP contribution is 2.17. The van der Waals surface area contributed by atoms with Gasteiger partial charge in [-0.2, -0.15) is 0 Å². The molecule has 1 N–H and O–H groups in total. The Labute approximate surface area is 98.1 Å². The lowest BCUT2D eigenvalue weighted by atomic mass is 9.88. The van der Waals surface area contributed by atoms with Crippen molar-refractivity contribution in [1.29, 1.82) is 0 Å². The normalized spacial score (nSPS) is 11.2. The number of hydrogen-bond acceptors (Lipinski definition) is 2. The lowest BCUT2D eigenvalue weighted by Crippen LogP contribution is -2.20. The van der Waals surface area contributed by atoms with Crippen molar-refractivity contribution < 1.29 is 4.79 Å². The van der Waals surface area contributed by atoms with Gasteiger partial charge < -0.3 is 5.32 Å². The fraction of sp³-hybridized carbons (Fsp3) is 0.500. The van der Waals surface area contributed by atoms with E-state index >= 15 is 0 Å². The molecule has 2 heteroatoms. The monoisotopic (exact) mass is 219 g/mol. The van der Waals surface area contributed by atoms with Crippen LogP contribution in [0.4, 0.5) is 5.69 Å². The molecule has 0 aliphatic rings. The fourth-order valence-corrected chi connectivity index (χ4v) is 1.41. The van der Waals surface area contributed by atoms with Crippen molar-refractivity contribution in [3.05, 3.63) is 30.3 Å². The first-order valence-corrected chi connectivity index (χ1v) is 5.82. The van der Waals surface area contributed by atoms with Crippen LogP contribution in [0.3, 0.4) is 0 Å². The third kappa shape index (κ3) is 4.47. The number of carbonyl (C=O) groups is 1. The van der Waals surface area contributed by atoms with Crippen LogP contribution >= 0.6 is 0 Å². The maximum atomic E-state index is 11.6. The van der Waals surface area contributed by atoms with E-state index in [1.165, 1.54) is 0 Å². The van der Waals surface area contributed by atoms with Gasteiger partial charge in [0.25, 0.3) is 0 Å². The quantitative estimate of drug-likeness (QED) is 0.768. The Balaban J connectivity index is 2.20. The van der Waals surface area contributed by atoms with Crippen LogP contribution in [0.15, 0.2) is 30.3 Å². The molecule has 16 heavy (non-hydrogen) atoms. The van der Waals surface area contributed by atoms with Crippen molar-refractivity contribution in [2.75, 3.05) is 11.9 Å². The van der Waals surface area contributed by atoms with Crippen LogP contribution in [-0.2, 0) is 4.79 Å². The van der Waals surface area contributed by atoms with E-state index in [0.29, 0.717) is 12.2 Å². The zero-order valence-electron chi connectivity index (χ0n) is 10.4. The number of anilines is 1. The summed E-state index contributed by atoms with van der Waals surface area (Å²) < 4.78 is 0. The Hall–Kier alpha value is -1.31. The molecule has 0 amide bonds. The maximum absolute atomic E-state index is 11.6. The molecule has 1 rings (SSSR count). The molecule has 0 atom stereocenters. The molecule has 0 saturated heterocycles. The van der Waals surface area contributed by atoms with Crippen LogP contribution in [-0.4, -0.2) is 12.3 Å². The van der Waals surface area contributed by atoms with Crippen molar-refractivity contribution in [3.8, 4) is 0 Å². The molecular weight excluding hydrogens is 198 g/mol. The van der Waals surface area contributed by atoms with Crippen molar-refractivity contribution in [2.45, 2.75) is 33.6 Å². The van der Waals surface area contributed by atoms with E-state index in [-0.39, 0.29) is 5.41 Å². The molecular formula is C14H21NO. The summed E-state index contributed by atoms with van der Waals surface area (Å²) in [4.78, 5) is 11.6. The molecule has 1 aromatic carbocycles. The third-order valence-corrected chi connectivity index (χ3v) is 2.52. The summed E-state index contributed by atoms with van der Waals surface area (Å²) in [6.45, 7) is 6.77. The smallest absolute Gasteiger partial charge is 0.138 e. The number of rotatable bonds is 5. The maximum Gasteiger partial charge on any atom is 0.138 e. The first-order chi connectivity index (χ1) is 7.50. The molecule has 0 aliphatic heterocycles. The number of hydrogen-bond donors (Lipinski definition) is 1. The zero-order valence-corrected chi connectivity index (χ0v) is 10.4. The minimum atomic E-state index is -0.202. The van der Waals surface area contributed by atoms with Gasteiger partial charge in [-0.25, -0.2) is 0 Å². The van der Waals surface area contributed by atoms with Crippen LogP contribution in [0, 0.1) is 5.41 Å². The molecule has 0 bridgehead atoms. The first-order valence-electron chi connectivity index (χ1n) is 5.82. The molecule has 0 saturated carbocycles. The summed E-state index contributed by atoms with van der Waals surface area (Å²) in [5.41, 5.74) is 0.915. The average molecular weight is 219 g/mol. The summed E-state index contributed by atoms with van der Waals surface area (Å²) in [5, 5.41) is 3.30. The van der Waals surface area contributed by atoms with Crippen molar-refractivity contribution in [3.63, 3.8) is 0 Å². The molecule has 0 spiro atoms. The van der Waals surface area contributed by atoms with Gasteiger partial charge in [-0.15, -0.1) is 0 Å². The summed E-state index contributed by atoms with van der Waals surface area (Å²) in [5.74, 6) is 0.336. The van der Waals surface area contributed by atoms with Gasteiger partial charge in [-0.05, 0) is 18.6 Å². The van der Waals surface area contributed by atoms with Gasteiger partial charge in [0.05, 0.1) is 0 Å². The molecule has 0 aromatic heterocycles. The molecule has 0 unspecified atom stereocenters. The third-order valence-electron chi connectivity index (χ3n) is 2.52. The standard InChI is InChI=1S/C14H21NO/c1-14(2,3)13(16)10-7-11-15-12-8-5-4-6-9-12/h4-6,8-9,15H,7,10-11H2,1-3H3. The van der Waals surface area contributed by atoms with E-state index < -0.39 is 0 Å². The van der Waals surface area contributed by atoms with E-state index in [4.69, 9.17) is 0 Å². The van der Waals surface area contributed by atoms with Crippen LogP contribution in [0.5, 0.6) is 0 Å². The summed E-state index contributed by atoms with van der Waals surface area (Å²) in [6, 6.07) is 10.1. The predicted octanol–water partition coefficient (Wildman–Crippen LogP) is 3.49. The highest BCUT2D eigenvalue weighted by Gasteiger charge is 2.19. The Morgan fingerprint density at radius 1 is 1.19 bits per heavy atom.